The quantitative estimate of drug-likeness (QED) is 0.725. The maximum atomic E-state index is 11.4. The first-order chi connectivity index (χ1) is 9.33. The summed E-state index contributed by atoms with van der Waals surface area (Å²) < 4.78 is 6.84. The van der Waals surface area contributed by atoms with Crippen molar-refractivity contribution >= 4 is 5.97 Å². The molecule has 0 saturated heterocycles. The van der Waals surface area contributed by atoms with Gasteiger partial charge in [0.1, 0.15) is 0 Å². The van der Waals surface area contributed by atoms with Crippen molar-refractivity contribution in [3.8, 4) is 0 Å². The lowest BCUT2D eigenvalue weighted by atomic mass is 9.84. The summed E-state index contributed by atoms with van der Waals surface area (Å²) in [5.74, 6) is -0.644. The Kier molecular flexibility index (Phi) is 6.06. The molecule has 0 aliphatic rings. The number of rotatable bonds is 8. The van der Waals surface area contributed by atoms with Gasteiger partial charge >= 0.3 is 5.97 Å². The zero-order chi connectivity index (χ0) is 15.2. The summed E-state index contributed by atoms with van der Waals surface area (Å²) in [5.41, 5.74) is -0.0530. The van der Waals surface area contributed by atoms with Gasteiger partial charge in [0.2, 0.25) is 0 Å². The van der Waals surface area contributed by atoms with Gasteiger partial charge in [-0.1, -0.05) is 20.8 Å². The van der Waals surface area contributed by atoms with Gasteiger partial charge in [-0.15, -0.1) is 5.10 Å². The maximum absolute atomic E-state index is 11.4. The molecule has 1 aromatic heterocycles. The third-order valence-electron chi connectivity index (χ3n) is 2.88. The molecule has 0 bridgehead atoms. The van der Waals surface area contributed by atoms with E-state index in [1.165, 1.54) is 0 Å². The normalized spacial score (nSPS) is 13.4. The van der Waals surface area contributed by atoms with Crippen LogP contribution in [0, 0.1) is 11.3 Å². The van der Waals surface area contributed by atoms with Gasteiger partial charge in [0.15, 0.2) is 5.82 Å². The molecule has 0 amide bonds. The van der Waals surface area contributed by atoms with E-state index in [2.05, 4.69) is 15.5 Å². The summed E-state index contributed by atoms with van der Waals surface area (Å²) in [7, 11) is 0. The predicted molar refractivity (Wildman–Crippen MR) is 73.2 cm³/mol. The van der Waals surface area contributed by atoms with Crippen LogP contribution >= 0.6 is 0 Å². The second kappa shape index (κ2) is 7.33. The van der Waals surface area contributed by atoms with Crippen LogP contribution in [0.15, 0.2) is 0 Å². The minimum absolute atomic E-state index is 0.0530. The average Bonchev–Trinajstić information content (AvgIpc) is 2.74. The molecule has 0 aliphatic heterocycles. The van der Waals surface area contributed by atoms with E-state index in [9.17, 15) is 9.90 Å². The van der Waals surface area contributed by atoms with Gasteiger partial charge in [-0.05, 0) is 29.2 Å². The maximum Gasteiger partial charge on any atom is 0.308 e. The smallest absolute Gasteiger partial charge is 0.308 e. The summed E-state index contributed by atoms with van der Waals surface area (Å²) in [6, 6.07) is 0. The van der Waals surface area contributed by atoms with Crippen LogP contribution in [0.4, 0.5) is 0 Å². The Morgan fingerprint density at radius 2 is 2.15 bits per heavy atom. The largest absolute Gasteiger partial charge is 0.481 e. The summed E-state index contributed by atoms with van der Waals surface area (Å²) in [6.45, 7) is 9.47. The monoisotopic (exact) mass is 284 g/mol. The van der Waals surface area contributed by atoms with E-state index < -0.39 is 11.9 Å². The molecule has 20 heavy (non-hydrogen) atoms. The van der Waals surface area contributed by atoms with E-state index in [4.69, 9.17) is 4.74 Å². The molecule has 1 N–H and O–H groups in total. The fourth-order valence-electron chi connectivity index (χ4n) is 2.03. The van der Waals surface area contributed by atoms with Crippen LogP contribution in [0.1, 0.15) is 39.9 Å². The van der Waals surface area contributed by atoms with Gasteiger partial charge in [-0.25, -0.2) is 4.68 Å². The van der Waals surface area contributed by atoms with Gasteiger partial charge < -0.3 is 9.84 Å². The van der Waals surface area contributed by atoms with E-state index in [-0.39, 0.29) is 5.41 Å². The molecule has 0 aliphatic carbocycles. The molecule has 0 spiro atoms. The Morgan fingerprint density at radius 1 is 1.45 bits per heavy atom. The van der Waals surface area contributed by atoms with Crippen LogP contribution in [0.2, 0.25) is 0 Å². The molecule has 1 heterocycles. The van der Waals surface area contributed by atoms with Gasteiger partial charge in [0.25, 0.3) is 0 Å². The molecule has 1 aromatic rings. The zero-order valence-corrected chi connectivity index (χ0v) is 12.7. The summed E-state index contributed by atoms with van der Waals surface area (Å²) in [5, 5.41) is 20.8. The van der Waals surface area contributed by atoms with Crippen LogP contribution in [0.25, 0.3) is 0 Å². The highest BCUT2D eigenvalue weighted by Crippen LogP contribution is 2.25. The number of hydrogen-bond acceptors (Lipinski definition) is 5. The van der Waals surface area contributed by atoms with Crippen LogP contribution in [0.5, 0.6) is 0 Å². The Hall–Kier alpha value is -1.50. The SMILES string of the molecule is CCOCCc1nnnn1CC(CC(C)(C)C)C(=O)O. The number of carboxylic acid groups (broad SMARTS) is 1. The molecule has 0 radical (unpaired) electrons. The number of carbonyl (C=O) groups is 1. The Labute approximate surface area is 119 Å². The van der Waals surface area contributed by atoms with Crippen molar-refractivity contribution in [2.24, 2.45) is 11.3 Å². The number of carboxylic acids is 1. The van der Waals surface area contributed by atoms with Crippen molar-refractivity contribution in [3.63, 3.8) is 0 Å². The van der Waals surface area contributed by atoms with E-state index in [1.807, 2.05) is 27.7 Å². The first-order valence-electron chi connectivity index (χ1n) is 6.89. The van der Waals surface area contributed by atoms with Gasteiger partial charge in [-0.2, -0.15) is 0 Å². The van der Waals surface area contributed by atoms with Crippen LogP contribution in [-0.2, 0) is 22.5 Å². The summed E-state index contributed by atoms with van der Waals surface area (Å²) >= 11 is 0. The van der Waals surface area contributed by atoms with E-state index in [1.54, 1.807) is 4.68 Å². The first-order valence-corrected chi connectivity index (χ1v) is 6.89. The molecule has 1 atom stereocenters. The average molecular weight is 284 g/mol. The first kappa shape index (κ1) is 16.6. The van der Waals surface area contributed by atoms with E-state index >= 15 is 0 Å². The molecular weight excluding hydrogens is 260 g/mol. The van der Waals surface area contributed by atoms with Crippen LogP contribution in [-0.4, -0.2) is 44.5 Å². The Bertz CT molecular complexity index is 425. The zero-order valence-electron chi connectivity index (χ0n) is 12.7. The molecule has 1 unspecified atom stereocenters. The van der Waals surface area contributed by atoms with Crippen molar-refractivity contribution < 1.29 is 14.6 Å². The number of nitrogens with zero attached hydrogens (tertiary/aromatic N) is 4. The lowest BCUT2D eigenvalue weighted by Gasteiger charge is -2.23. The minimum atomic E-state index is -0.814. The van der Waals surface area contributed by atoms with Gasteiger partial charge in [0, 0.05) is 13.0 Å². The molecule has 7 heteroatoms. The third-order valence-corrected chi connectivity index (χ3v) is 2.88. The number of aromatic nitrogens is 4. The molecule has 0 saturated carbocycles. The van der Waals surface area contributed by atoms with Crippen molar-refractivity contribution in [1.29, 1.82) is 0 Å². The topological polar surface area (TPSA) is 90.1 Å². The van der Waals surface area contributed by atoms with Crippen molar-refractivity contribution in [2.75, 3.05) is 13.2 Å². The lowest BCUT2D eigenvalue weighted by Crippen LogP contribution is -2.26. The molecule has 0 aromatic carbocycles. The fraction of sp³-hybridized carbons (Fsp3) is 0.846. The number of ether oxygens (including phenoxy) is 1. The van der Waals surface area contributed by atoms with E-state index in [0.717, 1.165) is 0 Å². The van der Waals surface area contributed by atoms with Gasteiger partial charge in [-0.3, -0.25) is 4.79 Å². The standard InChI is InChI=1S/C13H24N4O3/c1-5-20-7-6-11-14-15-16-17(11)9-10(12(18)19)8-13(2,3)4/h10H,5-9H2,1-4H3,(H,18,19). The van der Waals surface area contributed by atoms with Crippen LogP contribution in [0.3, 0.4) is 0 Å². The lowest BCUT2D eigenvalue weighted by molar-refractivity contribution is -0.143. The molecule has 7 nitrogen and oxygen atoms in total. The van der Waals surface area contributed by atoms with Crippen molar-refractivity contribution in [2.45, 2.75) is 47.1 Å². The van der Waals surface area contributed by atoms with E-state index in [0.29, 0.717) is 38.4 Å². The Balaban J connectivity index is 2.69. The number of tetrazole rings is 1. The van der Waals surface area contributed by atoms with Gasteiger partial charge in [0.05, 0.1) is 19.1 Å². The summed E-state index contributed by atoms with van der Waals surface area (Å²) in [4.78, 5) is 11.4. The molecule has 0 fully saturated rings. The molecular formula is C13H24N4O3. The van der Waals surface area contributed by atoms with Crippen LogP contribution < -0.4 is 0 Å². The third kappa shape index (κ3) is 5.64. The van der Waals surface area contributed by atoms with Crippen molar-refractivity contribution in [3.05, 3.63) is 5.82 Å². The fourth-order valence-corrected chi connectivity index (χ4v) is 2.03. The highest BCUT2D eigenvalue weighted by molar-refractivity contribution is 5.69. The molecule has 114 valence electrons. The molecule has 1 rings (SSSR count). The second-order valence-corrected chi connectivity index (χ2v) is 6.02. The Morgan fingerprint density at radius 3 is 2.70 bits per heavy atom. The summed E-state index contributed by atoms with van der Waals surface area (Å²) in [6.07, 6.45) is 1.16. The number of aliphatic carboxylic acids is 1. The highest BCUT2D eigenvalue weighted by atomic mass is 16.5. The predicted octanol–water partition coefficient (Wildman–Crippen LogP) is 1.39. The van der Waals surface area contributed by atoms with Crippen molar-refractivity contribution in [1.82, 2.24) is 20.2 Å². The second-order valence-electron chi connectivity index (χ2n) is 6.02. The number of hydrogen-bond donors (Lipinski definition) is 1. The minimum Gasteiger partial charge on any atom is -0.481 e. The highest BCUT2D eigenvalue weighted by Gasteiger charge is 2.26.